The Morgan fingerprint density at radius 2 is 2.04 bits per heavy atom. The fourth-order valence-electron chi connectivity index (χ4n) is 2.91. The van der Waals surface area contributed by atoms with E-state index in [1.165, 1.54) is 0 Å². The minimum atomic E-state index is -0.831. The van der Waals surface area contributed by atoms with Crippen molar-refractivity contribution in [2.45, 2.75) is 20.0 Å². The molecule has 0 saturated carbocycles. The van der Waals surface area contributed by atoms with Gasteiger partial charge in [0.2, 0.25) is 5.82 Å². The van der Waals surface area contributed by atoms with E-state index in [2.05, 4.69) is 25.5 Å². The molecule has 0 aliphatic rings. The lowest BCUT2D eigenvalue weighted by atomic mass is 10.1. The molecule has 3 heterocycles. The lowest BCUT2D eigenvalue weighted by Gasteiger charge is -2.10. The van der Waals surface area contributed by atoms with E-state index in [9.17, 15) is 9.90 Å². The first-order valence-electron chi connectivity index (χ1n) is 8.70. The molecular formula is C19H18N6O3. The van der Waals surface area contributed by atoms with Gasteiger partial charge in [0, 0.05) is 17.9 Å². The molecule has 0 spiro atoms. The van der Waals surface area contributed by atoms with Gasteiger partial charge in [-0.1, -0.05) is 35.5 Å². The van der Waals surface area contributed by atoms with Crippen LogP contribution in [0.3, 0.4) is 0 Å². The number of nitrogens with zero attached hydrogens (tertiary/aromatic N) is 5. The van der Waals surface area contributed by atoms with Crippen LogP contribution in [0.15, 0.2) is 47.1 Å². The van der Waals surface area contributed by atoms with Gasteiger partial charge in [0.15, 0.2) is 5.65 Å². The van der Waals surface area contributed by atoms with Crippen LogP contribution >= 0.6 is 0 Å². The van der Waals surface area contributed by atoms with E-state index in [4.69, 9.17) is 4.52 Å². The molecule has 0 aliphatic heterocycles. The first-order chi connectivity index (χ1) is 13.5. The number of fused-ring (bicyclic) bond motifs is 1. The second-order valence-electron chi connectivity index (χ2n) is 6.39. The molecule has 1 amide bonds. The number of carbonyl (C=O) groups excluding carboxylic acids is 1. The quantitative estimate of drug-likeness (QED) is 0.544. The van der Waals surface area contributed by atoms with Gasteiger partial charge in [0.25, 0.3) is 0 Å². The number of benzene rings is 1. The summed E-state index contributed by atoms with van der Waals surface area (Å²) in [6.45, 7) is 3.83. The summed E-state index contributed by atoms with van der Waals surface area (Å²) in [5.74, 6) is -0.536. The van der Waals surface area contributed by atoms with E-state index in [0.29, 0.717) is 16.8 Å². The molecule has 1 atom stereocenters. The topological polar surface area (TPSA) is 118 Å². The van der Waals surface area contributed by atoms with Crippen molar-refractivity contribution in [3.63, 3.8) is 0 Å². The van der Waals surface area contributed by atoms with Crippen molar-refractivity contribution in [2.24, 2.45) is 0 Å². The molecule has 3 aromatic heterocycles. The van der Waals surface area contributed by atoms with Crippen molar-refractivity contribution >= 4 is 11.6 Å². The van der Waals surface area contributed by atoms with Gasteiger partial charge in [-0.25, -0.2) is 9.50 Å². The Morgan fingerprint density at radius 3 is 2.82 bits per heavy atom. The van der Waals surface area contributed by atoms with Crippen LogP contribution < -0.4 is 5.32 Å². The molecule has 28 heavy (non-hydrogen) atoms. The molecule has 0 saturated heterocycles. The number of rotatable bonds is 5. The normalized spacial score (nSPS) is 12.2. The number of hydrogen-bond donors (Lipinski definition) is 2. The van der Waals surface area contributed by atoms with E-state index in [1.54, 1.807) is 22.8 Å². The van der Waals surface area contributed by atoms with Gasteiger partial charge in [-0.15, -0.1) is 0 Å². The number of amides is 1. The summed E-state index contributed by atoms with van der Waals surface area (Å²) in [5, 5.41) is 20.9. The van der Waals surface area contributed by atoms with Crippen LogP contribution in [-0.4, -0.2) is 42.3 Å². The van der Waals surface area contributed by atoms with E-state index in [1.807, 2.05) is 38.1 Å². The molecule has 0 bridgehead atoms. The van der Waals surface area contributed by atoms with E-state index < -0.39 is 12.0 Å². The van der Waals surface area contributed by atoms with Crippen molar-refractivity contribution in [2.75, 3.05) is 6.54 Å². The van der Waals surface area contributed by atoms with Crippen molar-refractivity contribution in [3.05, 3.63) is 65.4 Å². The lowest BCUT2D eigenvalue weighted by molar-refractivity contribution is 0.0873. The summed E-state index contributed by atoms with van der Waals surface area (Å²) in [7, 11) is 0. The highest BCUT2D eigenvalue weighted by atomic mass is 16.5. The SMILES string of the molecule is Cc1cc(C)n2ncc(-c3noc(C(=O)NC[C@H](O)c4ccccc4)n3)c2n1. The Kier molecular flexibility index (Phi) is 4.58. The van der Waals surface area contributed by atoms with Crippen LogP contribution in [0.25, 0.3) is 17.0 Å². The predicted octanol–water partition coefficient (Wildman–Crippen LogP) is 1.86. The molecule has 9 heteroatoms. The maximum atomic E-state index is 12.3. The zero-order valence-corrected chi connectivity index (χ0v) is 15.3. The van der Waals surface area contributed by atoms with Crippen LogP contribution in [0.4, 0.5) is 0 Å². The number of carbonyl (C=O) groups is 1. The van der Waals surface area contributed by atoms with Gasteiger partial charge in [-0.2, -0.15) is 10.1 Å². The molecule has 0 aliphatic carbocycles. The predicted molar refractivity (Wildman–Crippen MR) is 99.5 cm³/mol. The third kappa shape index (κ3) is 3.35. The number of aromatic nitrogens is 5. The highest BCUT2D eigenvalue weighted by Gasteiger charge is 2.20. The molecule has 4 aromatic rings. The molecule has 0 fully saturated rings. The Bertz CT molecular complexity index is 1140. The lowest BCUT2D eigenvalue weighted by Crippen LogP contribution is -2.28. The van der Waals surface area contributed by atoms with Crippen molar-refractivity contribution < 1.29 is 14.4 Å². The molecule has 0 radical (unpaired) electrons. The molecule has 9 nitrogen and oxygen atoms in total. The van der Waals surface area contributed by atoms with Crippen LogP contribution in [-0.2, 0) is 0 Å². The van der Waals surface area contributed by atoms with Crippen molar-refractivity contribution in [1.82, 2.24) is 30.1 Å². The molecule has 1 aromatic carbocycles. The molecular weight excluding hydrogens is 360 g/mol. The Labute approximate surface area is 160 Å². The van der Waals surface area contributed by atoms with Crippen molar-refractivity contribution in [3.8, 4) is 11.4 Å². The van der Waals surface area contributed by atoms with Gasteiger partial charge in [-0.05, 0) is 25.5 Å². The fraction of sp³-hybridized carbons (Fsp3) is 0.211. The highest BCUT2D eigenvalue weighted by molar-refractivity contribution is 5.90. The van der Waals surface area contributed by atoms with Crippen LogP contribution in [0.2, 0.25) is 0 Å². The first kappa shape index (κ1) is 17.8. The number of aryl methyl sites for hydroxylation is 2. The van der Waals surface area contributed by atoms with Gasteiger partial charge < -0.3 is 14.9 Å². The van der Waals surface area contributed by atoms with E-state index in [0.717, 1.165) is 11.4 Å². The molecule has 142 valence electrons. The summed E-state index contributed by atoms with van der Waals surface area (Å²) in [6.07, 6.45) is 0.753. The molecule has 4 rings (SSSR count). The summed E-state index contributed by atoms with van der Waals surface area (Å²) >= 11 is 0. The smallest absolute Gasteiger partial charge is 0.316 e. The highest BCUT2D eigenvalue weighted by Crippen LogP contribution is 2.21. The van der Waals surface area contributed by atoms with Gasteiger partial charge in [-0.3, -0.25) is 4.79 Å². The zero-order chi connectivity index (χ0) is 19.7. The largest absolute Gasteiger partial charge is 0.387 e. The maximum Gasteiger partial charge on any atom is 0.316 e. The standard InChI is InChI=1S/C19H18N6O3/c1-11-8-12(2)25-17(22-11)14(9-21-25)16-23-19(28-24-16)18(27)20-10-15(26)13-6-4-3-5-7-13/h3-9,15,26H,10H2,1-2H3,(H,20,27)/t15-/m0/s1. The summed E-state index contributed by atoms with van der Waals surface area (Å²) < 4.78 is 6.75. The maximum absolute atomic E-state index is 12.3. The number of aliphatic hydroxyl groups is 1. The average Bonchev–Trinajstić information content (AvgIpc) is 3.33. The zero-order valence-electron chi connectivity index (χ0n) is 15.3. The Morgan fingerprint density at radius 1 is 1.25 bits per heavy atom. The number of aliphatic hydroxyl groups excluding tert-OH is 1. The summed E-state index contributed by atoms with van der Waals surface area (Å²) in [4.78, 5) is 20.9. The Hall–Kier alpha value is -3.59. The van der Waals surface area contributed by atoms with E-state index in [-0.39, 0.29) is 18.3 Å². The van der Waals surface area contributed by atoms with Gasteiger partial charge in [0.05, 0.1) is 17.9 Å². The minimum absolute atomic E-state index is 0.0250. The second kappa shape index (κ2) is 7.20. The summed E-state index contributed by atoms with van der Waals surface area (Å²) in [6, 6.07) is 11.0. The molecule has 2 N–H and O–H groups in total. The van der Waals surface area contributed by atoms with Crippen molar-refractivity contribution in [1.29, 1.82) is 0 Å². The average molecular weight is 378 g/mol. The van der Waals surface area contributed by atoms with Crippen LogP contribution in [0.5, 0.6) is 0 Å². The monoisotopic (exact) mass is 378 g/mol. The van der Waals surface area contributed by atoms with Crippen LogP contribution in [0.1, 0.15) is 33.7 Å². The fourth-order valence-corrected chi connectivity index (χ4v) is 2.91. The van der Waals surface area contributed by atoms with Crippen LogP contribution in [0, 0.1) is 13.8 Å². The third-order valence-electron chi connectivity index (χ3n) is 4.28. The second-order valence-corrected chi connectivity index (χ2v) is 6.39. The third-order valence-corrected chi connectivity index (χ3v) is 4.28. The van der Waals surface area contributed by atoms with Gasteiger partial charge >= 0.3 is 11.8 Å². The number of hydrogen-bond acceptors (Lipinski definition) is 7. The first-order valence-corrected chi connectivity index (χ1v) is 8.70. The number of nitrogens with one attached hydrogen (secondary N) is 1. The summed E-state index contributed by atoms with van der Waals surface area (Å²) in [5.41, 5.74) is 3.62. The molecule has 0 unspecified atom stereocenters. The Balaban J connectivity index is 1.51. The van der Waals surface area contributed by atoms with Gasteiger partial charge in [0.1, 0.15) is 0 Å². The van der Waals surface area contributed by atoms with E-state index >= 15 is 0 Å². The minimum Gasteiger partial charge on any atom is -0.387 e.